The fourth-order valence-corrected chi connectivity index (χ4v) is 11.7. The maximum atomic E-state index is 8.14. The van der Waals surface area contributed by atoms with E-state index in [9.17, 15) is 0 Å². The van der Waals surface area contributed by atoms with Crippen LogP contribution in [0.15, 0.2) is 26.9 Å². The fraction of sp³-hybridized carbons (Fsp3) is 0.846. The Bertz CT molecular complexity index is 735. The molecule has 2 N–H and O–H groups in total. The highest BCUT2D eigenvalue weighted by atomic mass is 32.2. The molecule has 0 amide bonds. The minimum absolute atomic E-state index is 0.332. The summed E-state index contributed by atoms with van der Waals surface area (Å²) >= 11 is 1.73. The van der Waals surface area contributed by atoms with Crippen LogP contribution in [0.1, 0.15) is 13.3 Å². The van der Waals surface area contributed by atoms with Gasteiger partial charge in [0.15, 0.2) is 5.17 Å². The lowest BCUT2D eigenvalue weighted by atomic mass is 10.4. The number of ether oxygens (including phenoxy) is 6. The summed E-state index contributed by atoms with van der Waals surface area (Å²) in [5.41, 5.74) is 14.8. The van der Waals surface area contributed by atoms with Gasteiger partial charge in [0, 0.05) is 35.2 Å². The number of hydrogen-bond donors (Lipinski definition) is 1. The van der Waals surface area contributed by atoms with Crippen molar-refractivity contribution in [3.8, 4) is 0 Å². The van der Waals surface area contributed by atoms with Gasteiger partial charge in [0.25, 0.3) is 0 Å². The summed E-state index contributed by atoms with van der Waals surface area (Å²) in [5.74, 6) is 0. The lowest BCUT2D eigenvalue weighted by Gasteiger charge is -2.13. The maximum Gasteiger partial charge on any atom is 0.186 e. The smallest absolute Gasteiger partial charge is 0.186 e. The zero-order chi connectivity index (χ0) is 30.2. The van der Waals surface area contributed by atoms with Crippen LogP contribution in [0.4, 0.5) is 0 Å². The van der Waals surface area contributed by atoms with Crippen molar-refractivity contribution in [2.45, 2.75) is 44.6 Å². The third-order valence-electron chi connectivity index (χ3n) is 5.67. The number of thioether (sulfide) groups is 1. The average molecular weight is 635 g/mol. The molecule has 0 aliphatic rings. The highest BCUT2D eigenvalue weighted by molar-refractivity contribution is 8.15. The van der Waals surface area contributed by atoms with Crippen molar-refractivity contribution < 1.29 is 28.4 Å². The molecule has 0 aromatic heterocycles. The highest BCUT2D eigenvalue weighted by Gasteiger charge is 2.10. The Morgan fingerprint density at radius 3 is 1.85 bits per heavy atom. The van der Waals surface area contributed by atoms with Crippen LogP contribution in [-0.2, 0) is 28.4 Å². The molecule has 0 spiro atoms. The minimum atomic E-state index is -0.758. The van der Waals surface area contributed by atoms with E-state index < -0.39 is 17.6 Å². The van der Waals surface area contributed by atoms with Crippen LogP contribution < -0.4 is 5.73 Å². The van der Waals surface area contributed by atoms with Crippen molar-refractivity contribution in [1.29, 1.82) is 0 Å². The Morgan fingerprint density at radius 1 is 0.829 bits per heavy atom. The summed E-state index contributed by atoms with van der Waals surface area (Å²) < 4.78 is 32.7. The zero-order valence-corrected chi connectivity index (χ0v) is 28.7. The molecule has 12 nitrogen and oxygen atoms in total. The van der Waals surface area contributed by atoms with E-state index >= 15 is 0 Å². The van der Waals surface area contributed by atoms with Gasteiger partial charge >= 0.3 is 0 Å². The SMILES string of the molecule is C=NC(=N/C=C(\C)COCCOCCOCCOCCOCCOCCN=[N+]=[N-])SC[SiH](C)CC[SiH](C)CCCN. The van der Waals surface area contributed by atoms with E-state index in [0.717, 1.165) is 22.7 Å². The van der Waals surface area contributed by atoms with Crippen molar-refractivity contribution in [3.05, 3.63) is 22.2 Å². The molecule has 0 aliphatic carbocycles. The molecular weight excluding hydrogens is 581 g/mol. The van der Waals surface area contributed by atoms with Crippen LogP contribution in [0.2, 0.25) is 31.2 Å². The van der Waals surface area contributed by atoms with Crippen molar-refractivity contribution in [3.63, 3.8) is 0 Å². The van der Waals surface area contributed by atoms with Crippen LogP contribution in [0.3, 0.4) is 0 Å². The van der Waals surface area contributed by atoms with Crippen molar-refractivity contribution in [2.75, 3.05) is 97.7 Å². The van der Waals surface area contributed by atoms with E-state index in [0.29, 0.717) is 85.8 Å². The van der Waals surface area contributed by atoms with Gasteiger partial charge in [-0.1, -0.05) is 48.1 Å². The fourth-order valence-electron chi connectivity index (χ4n) is 3.29. The summed E-state index contributed by atoms with van der Waals surface area (Å²) in [6.07, 6.45) is 3.00. The van der Waals surface area contributed by atoms with Crippen molar-refractivity contribution >= 4 is 41.2 Å². The summed E-state index contributed by atoms with van der Waals surface area (Å²) in [5, 5.41) is 5.26. The molecule has 0 saturated carbocycles. The van der Waals surface area contributed by atoms with E-state index in [1.807, 2.05) is 13.1 Å². The van der Waals surface area contributed by atoms with Crippen LogP contribution in [0, 0.1) is 0 Å². The third-order valence-corrected chi connectivity index (χ3v) is 13.8. The monoisotopic (exact) mass is 634 g/mol. The van der Waals surface area contributed by atoms with E-state index in [1.165, 1.54) is 24.6 Å². The number of amidine groups is 1. The van der Waals surface area contributed by atoms with Crippen LogP contribution in [-0.4, -0.2) is 127 Å². The second-order valence-corrected chi connectivity index (χ2v) is 17.8. The Hall–Kier alpha value is -1.11. The summed E-state index contributed by atoms with van der Waals surface area (Å²) in [4.78, 5) is 11.2. The van der Waals surface area contributed by atoms with Crippen LogP contribution in [0.5, 0.6) is 0 Å². The molecule has 0 aromatic rings. The Labute approximate surface area is 254 Å². The molecule has 41 heavy (non-hydrogen) atoms. The Morgan fingerprint density at radius 2 is 1.34 bits per heavy atom. The molecular formula is C26H54N6O6SSi2. The van der Waals surface area contributed by atoms with Gasteiger partial charge in [0.05, 0.1) is 79.3 Å². The first-order valence-electron chi connectivity index (χ1n) is 14.5. The summed E-state index contributed by atoms with van der Waals surface area (Å²) in [7, 11) is -1.33. The molecule has 238 valence electrons. The van der Waals surface area contributed by atoms with Gasteiger partial charge in [0.1, 0.15) is 0 Å². The van der Waals surface area contributed by atoms with Gasteiger partial charge in [-0.15, -0.1) is 0 Å². The molecule has 0 aromatic carbocycles. The maximum absolute atomic E-state index is 8.14. The molecule has 2 unspecified atom stereocenters. The Kier molecular flexibility index (Phi) is 31.0. The summed E-state index contributed by atoms with van der Waals surface area (Å²) in [6, 6.07) is 4.21. The van der Waals surface area contributed by atoms with E-state index in [1.54, 1.807) is 11.8 Å². The van der Waals surface area contributed by atoms with Crippen molar-refractivity contribution in [2.24, 2.45) is 20.8 Å². The van der Waals surface area contributed by atoms with Gasteiger partial charge in [-0.25, -0.2) is 9.98 Å². The number of nitrogens with zero attached hydrogens (tertiary/aromatic N) is 5. The van der Waals surface area contributed by atoms with Gasteiger partial charge in [-0.05, 0) is 43.1 Å². The largest absolute Gasteiger partial charge is 0.379 e. The molecule has 0 heterocycles. The predicted molar refractivity (Wildman–Crippen MR) is 176 cm³/mol. The molecule has 0 rings (SSSR count). The van der Waals surface area contributed by atoms with E-state index in [4.69, 9.17) is 39.7 Å². The standard InChI is InChI=1S/C26H54N6O6SSi2/c1-25(22-30-26(29-2)39-24-41(4)21-20-40(3)19-5-6-27)23-38-18-17-37-16-15-36-14-13-35-12-11-34-10-9-33-8-7-31-32-28/h22,40-41H,2,5-21,23-24,27H2,1,3-4H3/b25-22+,30-26?. The average Bonchev–Trinajstić information content (AvgIpc) is 2.98. The quantitative estimate of drug-likeness (QED) is 0.0248. The Balaban J connectivity index is 3.63. The molecule has 0 bridgehead atoms. The normalized spacial score (nSPS) is 13.7. The molecule has 0 fully saturated rings. The molecule has 2 atom stereocenters. The first-order valence-corrected chi connectivity index (χ1v) is 21.1. The number of aliphatic imine (C=N–C) groups is 2. The third kappa shape index (κ3) is 30.2. The van der Waals surface area contributed by atoms with Gasteiger partial charge in [-0.2, -0.15) is 0 Å². The molecule has 15 heteroatoms. The lowest BCUT2D eigenvalue weighted by Crippen LogP contribution is -2.17. The minimum Gasteiger partial charge on any atom is -0.379 e. The summed E-state index contributed by atoms with van der Waals surface area (Å²) in [6.45, 7) is 17.6. The second kappa shape index (κ2) is 31.8. The van der Waals surface area contributed by atoms with Gasteiger partial charge in [-0.3, -0.25) is 0 Å². The van der Waals surface area contributed by atoms with Crippen molar-refractivity contribution in [1.82, 2.24) is 0 Å². The van der Waals surface area contributed by atoms with Crippen LogP contribution >= 0.6 is 11.8 Å². The highest BCUT2D eigenvalue weighted by Crippen LogP contribution is 2.14. The first-order chi connectivity index (χ1) is 20.0. The van der Waals surface area contributed by atoms with E-state index in [-0.39, 0.29) is 0 Å². The van der Waals surface area contributed by atoms with Gasteiger partial charge < -0.3 is 34.2 Å². The molecule has 0 saturated heterocycles. The van der Waals surface area contributed by atoms with Gasteiger partial charge in [0.2, 0.25) is 0 Å². The number of rotatable bonds is 29. The topological polar surface area (TPSA) is 155 Å². The predicted octanol–water partition coefficient (Wildman–Crippen LogP) is 3.69. The first kappa shape index (κ1) is 39.9. The molecule has 0 radical (unpaired) electrons. The number of nitrogens with two attached hydrogens (primary N) is 1. The number of azide groups is 1. The lowest BCUT2D eigenvalue weighted by molar-refractivity contribution is -0.0155. The molecule has 0 aliphatic heterocycles. The zero-order valence-electron chi connectivity index (χ0n) is 25.5. The second-order valence-electron chi connectivity index (χ2n) is 9.64. The van der Waals surface area contributed by atoms with Crippen LogP contribution in [0.25, 0.3) is 10.4 Å². The van der Waals surface area contributed by atoms with E-state index in [2.05, 4.69) is 39.8 Å². The number of hydrogen-bond acceptors (Lipinski definition) is 10.